The Morgan fingerprint density at radius 3 is 2.57 bits per heavy atom. The molecule has 2 heterocycles. The number of allylic oxidation sites excluding steroid dienone is 1. The summed E-state index contributed by atoms with van der Waals surface area (Å²) in [5.41, 5.74) is 14.9. The summed E-state index contributed by atoms with van der Waals surface area (Å²) in [7, 11) is 0. The summed E-state index contributed by atoms with van der Waals surface area (Å²) in [5, 5.41) is 0. The molecule has 0 saturated heterocycles. The van der Waals surface area contributed by atoms with Crippen molar-refractivity contribution in [1.29, 1.82) is 0 Å². The Kier molecular flexibility index (Phi) is 3.84. The van der Waals surface area contributed by atoms with Crippen LogP contribution >= 0.6 is 0 Å². The number of aromatic nitrogens is 4. The van der Waals surface area contributed by atoms with E-state index in [4.69, 9.17) is 16.2 Å². The van der Waals surface area contributed by atoms with E-state index in [2.05, 4.69) is 15.0 Å². The first-order valence-corrected chi connectivity index (χ1v) is 7.17. The molecule has 0 saturated carbocycles. The van der Waals surface area contributed by atoms with Gasteiger partial charge in [0.2, 0.25) is 17.8 Å². The molecule has 0 aliphatic rings. The zero-order chi connectivity index (χ0) is 16.4. The molecular weight excluding hydrogens is 292 g/mol. The predicted octanol–water partition coefficient (Wildman–Crippen LogP) is 2.45. The number of anilines is 2. The molecule has 0 atom stereocenters. The number of hydrogen-bond donors (Lipinski definition) is 2. The normalized spacial score (nSPS) is 10.7. The molecule has 0 radical (unpaired) electrons. The summed E-state index contributed by atoms with van der Waals surface area (Å²) < 4.78 is 7.45. The van der Waals surface area contributed by atoms with Crippen LogP contribution in [0.1, 0.15) is 19.4 Å². The van der Waals surface area contributed by atoms with E-state index in [0.717, 1.165) is 11.1 Å². The Balaban J connectivity index is 2.02. The number of fused-ring (bicyclic) bond motifs is 1. The third kappa shape index (κ3) is 3.08. The van der Waals surface area contributed by atoms with Crippen LogP contribution in [0.15, 0.2) is 35.9 Å². The number of nitrogen functional groups attached to an aromatic ring is 2. The lowest BCUT2D eigenvalue weighted by molar-refractivity contribution is 0.297. The molecule has 7 nitrogen and oxygen atoms in total. The second-order valence-corrected chi connectivity index (χ2v) is 5.38. The Labute approximate surface area is 133 Å². The summed E-state index contributed by atoms with van der Waals surface area (Å²) in [4.78, 5) is 12.7. The van der Waals surface area contributed by atoms with Gasteiger partial charge in [0.25, 0.3) is 0 Å². The maximum absolute atomic E-state index is 5.97. The molecule has 0 fully saturated rings. The number of hydrogen-bond acceptors (Lipinski definition) is 6. The summed E-state index contributed by atoms with van der Waals surface area (Å²) in [5.74, 6) is 0.749. The van der Waals surface area contributed by atoms with Crippen LogP contribution in [0.2, 0.25) is 0 Å². The summed E-state index contributed by atoms with van der Waals surface area (Å²) in [6, 6.07) is 9.79. The van der Waals surface area contributed by atoms with Crippen LogP contribution in [0.5, 0.6) is 5.88 Å². The van der Waals surface area contributed by atoms with Crippen LogP contribution in [-0.2, 0) is 6.61 Å². The minimum atomic E-state index is 0.115. The Morgan fingerprint density at radius 1 is 1.13 bits per heavy atom. The van der Waals surface area contributed by atoms with Gasteiger partial charge in [-0.3, -0.25) is 4.57 Å². The molecule has 1 aromatic carbocycles. The van der Waals surface area contributed by atoms with Gasteiger partial charge in [-0.15, -0.1) is 0 Å². The van der Waals surface area contributed by atoms with Crippen molar-refractivity contribution in [2.45, 2.75) is 20.5 Å². The van der Waals surface area contributed by atoms with E-state index < -0.39 is 0 Å². The van der Waals surface area contributed by atoms with Crippen molar-refractivity contribution in [2.75, 3.05) is 11.5 Å². The first kappa shape index (κ1) is 14.8. The minimum absolute atomic E-state index is 0.115. The Hall–Kier alpha value is -3.09. The molecule has 0 aliphatic heterocycles. The lowest BCUT2D eigenvalue weighted by Gasteiger charge is -2.06. The largest absolute Gasteiger partial charge is 0.471 e. The molecule has 2 aromatic heterocycles. The lowest BCUT2D eigenvalue weighted by Crippen LogP contribution is -2.03. The highest BCUT2D eigenvalue weighted by molar-refractivity contribution is 5.82. The minimum Gasteiger partial charge on any atom is -0.471 e. The fraction of sp³-hybridized carbons (Fsp3) is 0.188. The highest BCUT2D eigenvalue weighted by atomic mass is 16.5. The molecule has 7 heteroatoms. The average molecular weight is 310 g/mol. The van der Waals surface area contributed by atoms with E-state index in [-0.39, 0.29) is 5.95 Å². The van der Waals surface area contributed by atoms with Crippen molar-refractivity contribution in [3.63, 3.8) is 0 Å². The van der Waals surface area contributed by atoms with Crippen LogP contribution < -0.4 is 16.2 Å². The zero-order valence-corrected chi connectivity index (χ0v) is 13.0. The van der Waals surface area contributed by atoms with Crippen LogP contribution in [-0.4, -0.2) is 19.5 Å². The fourth-order valence-electron chi connectivity index (χ4n) is 2.19. The number of ether oxygens (including phenoxy) is 1. The van der Waals surface area contributed by atoms with E-state index in [0.29, 0.717) is 29.6 Å². The maximum atomic E-state index is 5.97. The van der Waals surface area contributed by atoms with Gasteiger partial charge in [0.1, 0.15) is 6.61 Å². The number of benzene rings is 1. The van der Waals surface area contributed by atoms with Crippen molar-refractivity contribution in [3.8, 4) is 5.88 Å². The van der Waals surface area contributed by atoms with Gasteiger partial charge in [0, 0.05) is 6.20 Å². The number of imidazole rings is 1. The summed E-state index contributed by atoms with van der Waals surface area (Å²) in [6.07, 6.45) is 1.85. The van der Waals surface area contributed by atoms with Gasteiger partial charge >= 0.3 is 0 Å². The van der Waals surface area contributed by atoms with Crippen molar-refractivity contribution < 1.29 is 4.74 Å². The predicted molar refractivity (Wildman–Crippen MR) is 90.5 cm³/mol. The van der Waals surface area contributed by atoms with Crippen molar-refractivity contribution in [3.05, 3.63) is 41.5 Å². The van der Waals surface area contributed by atoms with Crippen molar-refractivity contribution >= 4 is 29.3 Å². The van der Waals surface area contributed by atoms with Gasteiger partial charge in [-0.1, -0.05) is 35.9 Å². The van der Waals surface area contributed by atoms with E-state index in [1.807, 2.05) is 50.4 Å². The van der Waals surface area contributed by atoms with Crippen LogP contribution in [0.3, 0.4) is 0 Å². The fourth-order valence-corrected chi connectivity index (χ4v) is 2.19. The molecule has 0 unspecified atom stereocenters. The van der Waals surface area contributed by atoms with Crippen LogP contribution in [0.4, 0.5) is 11.9 Å². The molecule has 3 aromatic rings. The second kappa shape index (κ2) is 5.96. The summed E-state index contributed by atoms with van der Waals surface area (Å²) in [6.45, 7) is 4.28. The third-order valence-electron chi connectivity index (χ3n) is 3.16. The Bertz CT molecular complexity index is 865. The molecule has 0 amide bonds. The SMILES string of the molecule is CC(C)=Cn1c(N)nc2c(OCc3ccccc3)nc(N)nc21. The molecule has 23 heavy (non-hydrogen) atoms. The number of nitrogens with two attached hydrogens (primary N) is 2. The topological polar surface area (TPSA) is 105 Å². The molecule has 4 N–H and O–H groups in total. The monoisotopic (exact) mass is 310 g/mol. The first-order chi connectivity index (χ1) is 11.0. The first-order valence-electron chi connectivity index (χ1n) is 7.17. The van der Waals surface area contributed by atoms with Crippen molar-refractivity contribution in [1.82, 2.24) is 19.5 Å². The van der Waals surface area contributed by atoms with Crippen LogP contribution in [0, 0.1) is 0 Å². The van der Waals surface area contributed by atoms with Crippen molar-refractivity contribution in [2.24, 2.45) is 0 Å². The highest BCUT2D eigenvalue weighted by Gasteiger charge is 2.16. The van der Waals surface area contributed by atoms with Gasteiger partial charge in [-0.25, -0.2) is 4.98 Å². The standard InChI is InChI=1S/C16H18N6O/c1-10(2)8-22-13-12(19-16(22)18)14(21-15(17)20-13)23-9-11-6-4-3-5-7-11/h3-8H,9H2,1-2H3,(H2,18,19)(H2,17,20,21). The average Bonchev–Trinajstić information content (AvgIpc) is 2.82. The van der Waals surface area contributed by atoms with E-state index >= 15 is 0 Å². The van der Waals surface area contributed by atoms with Crippen LogP contribution in [0.25, 0.3) is 17.4 Å². The molecule has 3 rings (SSSR count). The van der Waals surface area contributed by atoms with E-state index in [9.17, 15) is 0 Å². The lowest BCUT2D eigenvalue weighted by atomic mass is 10.2. The van der Waals surface area contributed by atoms with E-state index in [1.54, 1.807) is 4.57 Å². The third-order valence-corrected chi connectivity index (χ3v) is 3.16. The molecule has 0 bridgehead atoms. The van der Waals surface area contributed by atoms with Gasteiger partial charge in [0.05, 0.1) is 0 Å². The molecule has 118 valence electrons. The smallest absolute Gasteiger partial charge is 0.247 e. The van der Waals surface area contributed by atoms with Gasteiger partial charge in [-0.2, -0.15) is 9.97 Å². The highest BCUT2D eigenvalue weighted by Crippen LogP contribution is 2.26. The molecule has 0 spiro atoms. The summed E-state index contributed by atoms with van der Waals surface area (Å²) >= 11 is 0. The van der Waals surface area contributed by atoms with Gasteiger partial charge < -0.3 is 16.2 Å². The molecular formula is C16H18N6O. The second-order valence-electron chi connectivity index (χ2n) is 5.38. The van der Waals surface area contributed by atoms with Gasteiger partial charge in [-0.05, 0) is 19.4 Å². The quantitative estimate of drug-likeness (QED) is 0.767. The molecule has 0 aliphatic carbocycles. The number of rotatable bonds is 4. The van der Waals surface area contributed by atoms with E-state index in [1.165, 1.54) is 0 Å². The zero-order valence-electron chi connectivity index (χ0n) is 13.0. The Morgan fingerprint density at radius 2 is 1.87 bits per heavy atom. The van der Waals surface area contributed by atoms with Gasteiger partial charge in [0.15, 0.2) is 11.2 Å². The maximum Gasteiger partial charge on any atom is 0.247 e. The number of nitrogens with zero attached hydrogens (tertiary/aromatic N) is 4.